The van der Waals surface area contributed by atoms with Crippen LogP contribution in [0.15, 0.2) is 18.2 Å². The summed E-state index contributed by atoms with van der Waals surface area (Å²) in [6, 6.07) is 5.99. The predicted molar refractivity (Wildman–Crippen MR) is 59.3 cm³/mol. The predicted octanol–water partition coefficient (Wildman–Crippen LogP) is 1.06. The number of benzene rings is 1. The Hall–Kier alpha value is -1.35. The van der Waals surface area contributed by atoms with Crippen molar-refractivity contribution in [1.29, 1.82) is 0 Å². The van der Waals surface area contributed by atoms with Gasteiger partial charge in [0.1, 0.15) is 0 Å². The van der Waals surface area contributed by atoms with Gasteiger partial charge in [-0.05, 0) is 18.1 Å². The maximum atomic E-state index is 12.1. The first kappa shape index (κ1) is 8.92. The van der Waals surface area contributed by atoms with Crippen LogP contribution in [0.2, 0.25) is 0 Å². The van der Waals surface area contributed by atoms with Crippen LogP contribution in [0.3, 0.4) is 0 Å². The first-order valence-electron chi connectivity index (χ1n) is 5.47. The first-order valence-corrected chi connectivity index (χ1v) is 5.47. The van der Waals surface area contributed by atoms with Gasteiger partial charge in [0.05, 0.1) is 0 Å². The number of fused-ring (bicyclic) bond motifs is 1. The number of rotatable bonds is 2. The monoisotopic (exact) mass is 202 g/mol. The average Bonchev–Trinajstić information content (AvgIpc) is 2.61. The lowest BCUT2D eigenvalue weighted by Crippen LogP contribution is -2.46. The summed E-state index contributed by atoms with van der Waals surface area (Å²) in [6.45, 7) is 2.65. The Morgan fingerprint density at radius 1 is 1.33 bits per heavy atom. The van der Waals surface area contributed by atoms with Crippen LogP contribution in [0, 0.1) is 5.92 Å². The van der Waals surface area contributed by atoms with Crippen molar-refractivity contribution in [1.82, 2.24) is 5.32 Å². The zero-order valence-corrected chi connectivity index (χ0v) is 8.55. The summed E-state index contributed by atoms with van der Waals surface area (Å²) < 4.78 is 0. The van der Waals surface area contributed by atoms with Gasteiger partial charge >= 0.3 is 0 Å². The minimum Gasteiger partial charge on any atom is -0.384 e. The lowest BCUT2D eigenvalue weighted by molar-refractivity contribution is 0.0877. The number of ketones is 1. The molecule has 15 heavy (non-hydrogen) atoms. The molecule has 0 spiro atoms. The minimum absolute atomic E-state index is 0.206. The minimum atomic E-state index is 0.206. The van der Waals surface area contributed by atoms with Gasteiger partial charge in [0, 0.05) is 36.8 Å². The van der Waals surface area contributed by atoms with Crippen molar-refractivity contribution in [3.05, 3.63) is 29.3 Å². The van der Waals surface area contributed by atoms with Crippen molar-refractivity contribution >= 4 is 11.5 Å². The van der Waals surface area contributed by atoms with E-state index in [0.717, 1.165) is 37.3 Å². The third-order valence-corrected chi connectivity index (χ3v) is 3.28. The fraction of sp³-hybridized carbons (Fsp3) is 0.417. The van der Waals surface area contributed by atoms with Crippen molar-refractivity contribution in [2.75, 3.05) is 25.0 Å². The van der Waals surface area contributed by atoms with E-state index in [0.29, 0.717) is 5.78 Å². The van der Waals surface area contributed by atoms with E-state index in [2.05, 4.69) is 16.7 Å². The van der Waals surface area contributed by atoms with Crippen LogP contribution < -0.4 is 10.6 Å². The van der Waals surface area contributed by atoms with Crippen molar-refractivity contribution < 1.29 is 4.79 Å². The van der Waals surface area contributed by atoms with Crippen molar-refractivity contribution in [2.45, 2.75) is 6.42 Å². The molecule has 1 aromatic carbocycles. The van der Waals surface area contributed by atoms with E-state index in [4.69, 9.17) is 0 Å². The zero-order chi connectivity index (χ0) is 10.3. The maximum Gasteiger partial charge on any atom is 0.168 e. The number of Topliss-reactive ketones (excluding diaryl/α,β-unsaturated/α-hetero) is 1. The third-order valence-electron chi connectivity index (χ3n) is 3.28. The highest BCUT2D eigenvalue weighted by Gasteiger charge is 2.28. The summed E-state index contributed by atoms with van der Waals surface area (Å²) in [5.74, 6) is 0.520. The van der Waals surface area contributed by atoms with E-state index in [1.165, 1.54) is 5.56 Å². The van der Waals surface area contributed by atoms with Gasteiger partial charge < -0.3 is 10.6 Å². The molecule has 1 saturated heterocycles. The van der Waals surface area contributed by atoms with Gasteiger partial charge in [0.25, 0.3) is 0 Å². The van der Waals surface area contributed by atoms with E-state index in [1.807, 2.05) is 12.1 Å². The smallest absolute Gasteiger partial charge is 0.168 e. The summed E-state index contributed by atoms with van der Waals surface area (Å²) in [7, 11) is 0. The summed E-state index contributed by atoms with van der Waals surface area (Å²) in [5, 5.41) is 6.45. The summed E-state index contributed by atoms with van der Waals surface area (Å²) >= 11 is 0. The highest BCUT2D eigenvalue weighted by Crippen LogP contribution is 2.27. The molecule has 2 aliphatic heterocycles. The van der Waals surface area contributed by atoms with Crippen LogP contribution in [0.4, 0.5) is 5.69 Å². The van der Waals surface area contributed by atoms with Crippen LogP contribution in [-0.2, 0) is 6.42 Å². The Kier molecular flexibility index (Phi) is 1.99. The first-order chi connectivity index (χ1) is 7.36. The lowest BCUT2D eigenvalue weighted by Gasteiger charge is -2.26. The molecule has 0 radical (unpaired) electrons. The van der Waals surface area contributed by atoms with Crippen LogP contribution >= 0.6 is 0 Å². The molecule has 0 unspecified atom stereocenters. The van der Waals surface area contributed by atoms with Crippen LogP contribution in [0.5, 0.6) is 0 Å². The standard InChI is InChI=1S/C12H14N2O/c15-12(8-6-13-7-8)10-2-1-3-11-9(10)4-5-14-11/h1-3,8,13-14H,4-7H2. The summed E-state index contributed by atoms with van der Waals surface area (Å²) in [4.78, 5) is 12.1. The quantitative estimate of drug-likeness (QED) is 0.704. The molecule has 78 valence electrons. The number of hydrogen-bond acceptors (Lipinski definition) is 3. The molecule has 0 saturated carbocycles. The second kappa shape index (κ2) is 3.35. The SMILES string of the molecule is O=C(c1cccc2c1CCN2)C1CNC1. The maximum absolute atomic E-state index is 12.1. The second-order valence-electron chi connectivity index (χ2n) is 4.23. The molecule has 3 nitrogen and oxygen atoms in total. The number of nitrogens with one attached hydrogen (secondary N) is 2. The topological polar surface area (TPSA) is 41.1 Å². The Morgan fingerprint density at radius 2 is 2.20 bits per heavy atom. The molecule has 2 N–H and O–H groups in total. The molecular weight excluding hydrogens is 188 g/mol. The van der Waals surface area contributed by atoms with E-state index in [9.17, 15) is 4.79 Å². The van der Waals surface area contributed by atoms with E-state index >= 15 is 0 Å². The second-order valence-corrected chi connectivity index (χ2v) is 4.23. The molecule has 0 atom stereocenters. The lowest BCUT2D eigenvalue weighted by atomic mass is 9.89. The fourth-order valence-corrected chi connectivity index (χ4v) is 2.27. The van der Waals surface area contributed by atoms with Gasteiger partial charge in [-0.3, -0.25) is 4.79 Å². The van der Waals surface area contributed by atoms with Crippen molar-refractivity contribution in [2.24, 2.45) is 5.92 Å². The van der Waals surface area contributed by atoms with Gasteiger partial charge in [0.2, 0.25) is 0 Å². The molecule has 0 aromatic heterocycles. The summed E-state index contributed by atoms with van der Waals surface area (Å²) in [5.41, 5.74) is 3.30. The van der Waals surface area contributed by atoms with E-state index in [1.54, 1.807) is 0 Å². The Morgan fingerprint density at radius 3 is 2.93 bits per heavy atom. The van der Waals surface area contributed by atoms with Gasteiger partial charge in [0.15, 0.2) is 5.78 Å². The highest BCUT2D eigenvalue weighted by atomic mass is 16.1. The molecule has 3 rings (SSSR count). The molecule has 0 bridgehead atoms. The third kappa shape index (κ3) is 1.35. The van der Waals surface area contributed by atoms with Gasteiger partial charge in [-0.1, -0.05) is 12.1 Å². The van der Waals surface area contributed by atoms with Gasteiger partial charge in [-0.2, -0.15) is 0 Å². The number of carbonyl (C=O) groups excluding carboxylic acids is 1. The molecule has 3 heteroatoms. The van der Waals surface area contributed by atoms with Gasteiger partial charge in [-0.25, -0.2) is 0 Å². The van der Waals surface area contributed by atoms with Crippen LogP contribution in [-0.4, -0.2) is 25.4 Å². The largest absolute Gasteiger partial charge is 0.384 e. The van der Waals surface area contributed by atoms with Crippen molar-refractivity contribution in [3.63, 3.8) is 0 Å². The number of carbonyl (C=O) groups is 1. The molecular formula is C12H14N2O. The van der Waals surface area contributed by atoms with E-state index in [-0.39, 0.29) is 5.92 Å². The van der Waals surface area contributed by atoms with Crippen LogP contribution in [0.1, 0.15) is 15.9 Å². The Labute approximate surface area is 88.9 Å². The number of hydrogen-bond donors (Lipinski definition) is 2. The molecule has 2 aliphatic rings. The molecule has 1 aromatic rings. The highest BCUT2D eigenvalue weighted by molar-refractivity contribution is 6.01. The van der Waals surface area contributed by atoms with Crippen molar-refractivity contribution in [3.8, 4) is 0 Å². The zero-order valence-electron chi connectivity index (χ0n) is 8.55. The average molecular weight is 202 g/mol. The van der Waals surface area contributed by atoms with Crippen LogP contribution in [0.25, 0.3) is 0 Å². The van der Waals surface area contributed by atoms with Gasteiger partial charge in [-0.15, -0.1) is 0 Å². The number of anilines is 1. The normalized spacial score (nSPS) is 19.2. The fourth-order valence-electron chi connectivity index (χ4n) is 2.27. The molecule has 2 heterocycles. The Bertz CT molecular complexity index is 410. The summed E-state index contributed by atoms with van der Waals surface area (Å²) in [6.07, 6.45) is 0.984. The molecule has 1 fully saturated rings. The Balaban J connectivity index is 1.97. The molecule has 0 amide bonds. The molecule has 0 aliphatic carbocycles. The van der Waals surface area contributed by atoms with E-state index < -0.39 is 0 Å².